The average Bonchev–Trinajstić information content (AvgIpc) is 2.31. The van der Waals surface area contributed by atoms with Crippen LogP contribution in [0.4, 0.5) is 0 Å². The standard InChI is InChI=1S/C6H9N2S2/c9-5-3-8(4-5)6-7-1-2-10-6/h5H,1-4H2. The van der Waals surface area contributed by atoms with E-state index in [2.05, 4.69) is 9.89 Å². The lowest BCUT2D eigenvalue weighted by Gasteiger charge is -2.36. The Morgan fingerprint density at radius 3 is 2.90 bits per heavy atom. The summed E-state index contributed by atoms with van der Waals surface area (Å²) in [7, 11) is 0. The first-order valence-corrected chi connectivity index (χ1v) is 4.90. The van der Waals surface area contributed by atoms with Crippen molar-refractivity contribution in [2.75, 3.05) is 25.4 Å². The second kappa shape index (κ2) is 2.66. The van der Waals surface area contributed by atoms with Crippen LogP contribution in [0.25, 0.3) is 0 Å². The Kier molecular flexibility index (Phi) is 1.82. The molecule has 2 aliphatic heterocycles. The molecule has 0 aromatic heterocycles. The van der Waals surface area contributed by atoms with Crippen LogP contribution in [0.3, 0.4) is 0 Å². The van der Waals surface area contributed by atoms with E-state index < -0.39 is 0 Å². The summed E-state index contributed by atoms with van der Waals surface area (Å²) < 4.78 is 0. The van der Waals surface area contributed by atoms with Crippen LogP contribution in [0.1, 0.15) is 0 Å². The summed E-state index contributed by atoms with van der Waals surface area (Å²) in [6, 6.07) is 0. The topological polar surface area (TPSA) is 15.6 Å². The van der Waals surface area contributed by atoms with Crippen molar-refractivity contribution in [3.05, 3.63) is 0 Å². The molecule has 0 spiro atoms. The number of hydrogen-bond acceptors (Lipinski definition) is 3. The fraction of sp³-hybridized carbons (Fsp3) is 0.833. The molecule has 0 aromatic rings. The summed E-state index contributed by atoms with van der Waals surface area (Å²) in [4.78, 5) is 6.62. The number of hydrogen-bond donors (Lipinski definition) is 0. The van der Waals surface area contributed by atoms with Gasteiger partial charge in [0.05, 0.1) is 11.8 Å². The van der Waals surface area contributed by atoms with Gasteiger partial charge in [0.25, 0.3) is 0 Å². The summed E-state index contributed by atoms with van der Waals surface area (Å²) in [5, 5.41) is 1.70. The second-order valence-corrected chi connectivity index (χ2v) is 4.27. The molecule has 1 saturated heterocycles. The van der Waals surface area contributed by atoms with E-state index >= 15 is 0 Å². The molecule has 2 heterocycles. The number of amidine groups is 1. The van der Waals surface area contributed by atoms with E-state index in [1.165, 1.54) is 5.17 Å². The van der Waals surface area contributed by atoms with Crippen molar-refractivity contribution >= 4 is 29.6 Å². The first kappa shape index (κ1) is 6.85. The van der Waals surface area contributed by atoms with E-state index in [1.807, 2.05) is 11.8 Å². The van der Waals surface area contributed by atoms with Crippen LogP contribution in [0.2, 0.25) is 0 Å². The van der Waals surface area contributed by atoms with Gasteiger partial charge in [-0.05, 0) is 0 Å². The van der Waals surface area contributed by atoms with Gasteiger partial charge >= 0.3 is 0 Å². The molecule has 2 nitrogen and oxygen atoms in total. The van der Waals surface area contributed by atoms with E-state index in [1.54, 1.807) is 0 Å². The zero-order chi connectivity index (χ0) is 6.97. The third kappa shape index (κ3) is 1.14. The Hall–Kier alpha value is 0.170. The van der Waals surface area contributed by atoms with Gasteiger partial charge in [-0.15, -0.1) is 0 Å². The molecule has 0 bridgehead atoms. The van der Waals surface area contributed by atoms with Crippen molar-refractivity contribution < 1.29 is 0 Å². The van der Waals surface area contributed by atoms with Crippen LogP contribution >= 0.6 is 24.4 Å². The Morgan fingerprint density at radius 1 is 1.60 bits per heavy atom. The van der Waals surface area contributed by atoms with Gasteiger partial charge in [-0.3, -0.25) is 4.99 Å². The van der Waals surface area contributed by atoms with E-state index in [0.29, 0.717) is 5.25 Å². The van der Waals surface area contributed by atoms with Crippen LogP contribution in [0.5, 0.6) is 0 Å². The highest BCUT2D eigenvalue weighted by atomic mass is 32.2. The lowest BCUT2D eigenvalue weighted by Crippen LogP contribution is -2.49. The molecule has 4 heteroatoms. The monoisotopic (exact) mass is 173 g/mol. The maximum atomic E-state index is 5.07. The predicted molar refractivity (Wildman–Crippen MR) is 47.7 cm³/mol. The van der Waals surface area contributed by atoms with Crippen LogP contribution in [-0.4, -0.2) is 40.7 Å². The molecular formula is C6H9N2S2. The van der Waals surface area contributed by atoms with Gasteiger partial charge in [0.2, 0.25) is 0 Å². The van der Waals surface area contributed by atoms with Gasteiger partial charge in [-0.1, -0.05) is 24.4 Å². The Labute approximate surface area is 70.5 Å². The average molecular weight is 173 g/mol. The van der Waals surface area contributed by atoms with Crippen LogP contribution in [0.15, 0.2) is 4.99 Å². The zero-order valence-corrected chi connectivity index (χ0v) is 7.25. The number of rotatable bonds is 0. The molecule has 0 atom stereocenters. The number of aliphatic imine (C=N–C) groups is 1. The Balaban J connectivity index is 1.89. The fourth-order valence-corrected chi connectivity index (χ4v) is 2.35. The minimum absolute atomic E-state index is 0.476. The van der Waals surface area contributed by atoms with Crippen molar-refractivity contribution in [2.45, 2.75) is 5.25 Å². The van der Waals surface area contributed by atoms with Gasteiger partial charge < -0.3 is 4.90 Å². The maximum absolute atomic E-state index is 5.07. The normalized spacial score (nSPS) is 26.5. The molecule has 2 aliphatic rings. The summed E-state index contributed by atoms with van der Waals surface area (Å²) in [6.45, 7) is 3.08. The largest absolute Gasteiger partial charge is 0.349 e. The molecular weight excluding hydrogens is 164 g/mol. The number of likely N-dealkylation sites (tertiary alicyclic amines) is 1. The highest BCUT2D eigenvalue weighted by Crippen LogP contribution is 2.22. The molecule has 55 valence electrons. The first-order chi connectivity index (χ1) is 4.86. The van der Waals surface area contributed by atoms with E-state index in [9.17, 15) is 0 Å². The molecule has 1 fully saturated rings. The predicted octanol–water partition coefficient (Wildman–Crippen LogP) is 0.971. The van der Waals surface area contributed by atoms with Crippen molar-refractivity contribution in [3.63, 3.8) is 0 Å². The molecule has 10 heavy (non-hydrogen) atoms. The van der Waals surface area contributed by atoms with E-state index in [0.717, 1.165) is 25.4 Å². The highest BCUT2D eigenvalue weighted by Gasteiger charge is 2.28. The van der Waals surface area contributed by atoms with Gasteiger partial charge in [0.15, 0.2) is 5.17 Å². The van der Waals surface area contributed by atoms with Gasteiger partial charge in [0.1, 0.15) is 0 Å². The lowest BCUT2D eigenvalue weighted by atomic mass is 10.2. The first-order valence-electron chi connectivity index (χ1n) is 3.44. The summed E-state index contributed by atoms with van der Waals surface area (Å²) in [6.07, 6.45) is 0. The maximum Gasteiger partial charge on any atom is 0.159 e. The fourth-order valence-electron chi connectivity index (χ4n) is 1.11. The molecule has 0 amide bonds. The zero-order valence-electron chi connectivity index (χ0n) is 5.62. The second-order valence-electron chi connectivity index (χ2n) is 2.54. The molecule has 0 aliphatic carbocycles. The highest BCUT2D eigenvalue weighted by molar-refractivity contribution is 8.14. The molecule has 0 aromatic carbocycles. The Morgan fingerprint density at radius 2 is 2.40 bits per heavy atom. The van der Waals surface area contributed by atoms with E-state index in [-0.39, 0.29) is 0 Å². The molecule has 1 radical (unpaired) electrons. The third-order valence-electron chi connectivity index (χ3n) is 1.69. The minimum Gasteiger partial charge on any atom is -0.349 e. The van der Waals surface area contributed by atoms with Gasteiger partial charge in [0, 0.05) is 18.8 Å². The molecule has 2 rings (SSSR count). The van der Waals surface area contributed by atoms with Crippen molar-refractivity contribution in [2.24, 2.45) is 4.99 Å². The molecule has 0 N–H and O–H groups in total. The van der Waals surface area contributed by atoms with Crippen molar-refractivity contribution in [1.29, 1.82) is 0 Å². The summed E-state index contributed by atoms with van der Waals surface area (Å²) in [5.41, 5.74) is 0. The minimum atomic E-state index is 0.476. The smallest absolute Gasteiger partial charge is 0.159 e. The van der Waals surface area contributed by atoms with E-state index in [4.69, 9.17) is 12.6 Å². The number of nitrogens with zero attached hydrogens (tertiary/aromatic N) is 2. The van der Waals surface area contributed by atoms with Crippen molar-refractivity contribution in [1.82, 2.24) is 4.90 Å². The van der Waals surface area contributed by atoms with Crippen LogP contribution in [-0.2, 0) is 0 Å². The summed E-state index contributed by atoms with van der Waals surface area (Å²) in [5.74, 6) is 1.16. The van der Waals surface area contributed by atoms with Crippen molar-refractivity contribution in [3.8, 4) is 0 Å². The third-order valence-corrected chi connectivity index (χ3v) is 3.02. The number of thioether (sulfide) groups is 1. The molecule has 0 unspecified atom stereocenters. The lowest BCUT2D eigenvalue weighted by molar-refractivity contribution is 0.319. The Bertz CT molecular complexity index is 163. The summed E-state index contributed by atoms with van der Waals surface area (Å²) >= 11 is 6.93. The SMILES string of the molecule is [S]C1CN(C2=NCCS2)C1. The van der Waals surface area contributed by atoms with Gasteiger partial charge in [-0.25, -0.2) is 0 Å². The quantitative estimate of drug-likeness (QED) is 0.542. The van der Waals surface area contributed by atoms with Crippen LogP contribution in [0, 0.1) is 0 Å². The molecule has 0 saturated carbocycles. The van der Waals surface area contributed by atoms with Crippen LogP contribution < -0.4 is 0 Å². The van der Waals surface area contributed by atoms with Gasteiger partial charge in [-0.2, -0.15) is 0 Å².